The van der Waals surface area contributed by atoms with Gasteiger partial charge in [-0.15, -0.1) is 12.4 Å². The van der Waals surface area contributed by atoms with Crippen LogP contribution in [0.25, 0.3) is 5.69 Å². The molecule has 0 aliphatic carbocycles. The summed E-state index contributed by atoms with van der Waals surface area (Å²) >= 11 is 0. The van der Waals surface area contributed by atoms with Crippen molar-refractivity contribution in [2.45, 2.75) is 32.7 Å². The van der Waals surface area contributed by atoms with E-state index in [-0.39, 0.29) is 30.2 Å². The van der Waals surface area contributed by atoms with Gasteiger partial charge in [-0.2, -0.15) is 5.10 Å². The van der Waals surface area contributed by atoms with Crippen LogP contribution in [0, 0.1) is 11.7 Å². The lowest BCUT2D eigenvalue weighted by Gasteiger charge is -2.21. The van der Waals surface area contributed by atoms with Gasteiger partial charge < -0.3 is 10.6 Å². The molecular weight excluding hydrogens is 343 g/mol. The zero-order valence-electron chi connectivity index (χ0n) is 14.5. The number of amides is 1. The van der Waals surface area contributed by atoms with Crippen LogP contribution < -0.4 is 5.73 Å². The van der Waals surface area contributed by atoms with Gasteiger partial charge in [0.25, 0.3) is 5.91 Å². The summed E-state index contributed by atoms with van der Waals surface area (Å²) in [5, 5.41) is 4.37. The Balaban J connectivity index is 0.00000225. The van der Waals surface area contributed by atoms with Crippen molar-refractivity contribution < 1.29 is 9.18 Å². The molecule has 2 aromatic rings. The van der Waals surface area contributed by atoms with E-state index in [0.717, 1.165) is 17.8 Å². The van der Waals surface area contributed by atoms with Gasteiger partial charge in [0.05, 0.1) is 23.1 Å². The van der Waals surface area contributed by atoms with E-state index in [0.29, 0.717) is 31.0 Å². The van der Waals surface area contributed by atoms with E-state index in [1.54, 1.807) is 23.0 Å². The van der Waals surface area contributed by atoms with Crippen LogP contribution in [0.3, 0.4) is 0 Å². The Hall–Kier alpha value is -1.92. The van der Waals surface area contributed by atoms with Crippen LogP contribution in [0.15, 0.2) is 30.5 Å². The monoisotopic (exact) mass is 366 g/mol. The number of carbonyl (C=O) groups excluding carboxylic acids is 1. The maximum absolute atomic E-state index is 13.1. The summed E-state index contributed by atoms with van der Waals surface area (Å²) in [5.41, 5.74) is 7.97. The summed E-state index contributed by atoms with van der Waals surface area (Å²) in [4.78, 5) is 14.9. The molecule has 1 aliphatic heterocycles. The van der Waals surface area contributed by atoms with Crippen LogP contribution in [-0.2, 0) is 6.42 Å². The minimum Gasteiger partial charge on any atom is -0.335 e. The highest BCUT2D eigenvalue weighted by molar-refractivity contribution is 5.95. The highest BCUT2D eigenvalue weighted by Crippen LogP contribution is 2.26. The zero-order chi connectivity index (χ0) is 17.3. The van der Waals surface area contributed by atoms with Crippen molar-refractivity contribution in [1.82, 2.24) is 14.7 Å². The van der Waals surface area contributed by atoms with Crippen molar-refractivity contribution in [3.05, 3.63) is 47.5 Å². The van der Waals surface area contributed by atoms with Crippen LogP contribution in [-0.4, -0.2) is 39.7 Å². The second-order valence-electron chi connectivity index (χ2n) is 6.39. The summed E-state index contributed by atoms with van der Waals surface area (Å²) < 4.78 is 14.9. The van der Waals surface area contributed by atoms with E-state index in [1.807, 2.05) is 11.8 Å². The molecule has 0 saturated carbocycles. The Labute approximate surface area is 153 Å². The van der Waals surface area contributed by atoms with Crippen LogP contribution >= 0.6 is 12.4 Å². The normalized spacial score (nSPS) is 19.8. The molecule has 2 N–H and O–H groups in total. The fourth-order valence-corrected chi connectivity index (χ4v) is 3.45. The van der Waals surface area contributed by atoms with Crippen molar-refractivity contribution in [2.24, 2.45) is 11.7 Å². The summed E-state index contributed by atoms with van der Waals surface area (Å²) in [6.45, 7) is 5.35. The molecule has 0 radical (unpaired) electrons. The van der Waals surface area contributed by atoms with E-state index in [2.05, 4.69) is 12.0 Å². The van der Waals surface area contributed by atoms with Gasteiger partial charge in [0.15, 0.2) is 0 Å². The maximum atomic E-state index is 13.1. The number of nitrogens with zero attached hydrogens (tertiary/aromatic N) is 3. The van der Waals surface area contributed by atoms with Crippen LogP contribution in [0.2, 0.25) is 0 Å². The van der Waals surface area contributed by atoms with E-state index in [9.17, 15) is 9.18 Å². The smallest absolute Gasteiger partial charge is 0.257 e. The van der Waals surface area contributed by atoms with Crippen molar-refractivity contribution in [1.29, 1.82) is 0 Å². The first kappa shape index (κ1) is 19.4. The number of rotatable bonds is 4. The highest BCUT2D eigenvalue weighted by Gasteiger charge is 2.33. The van der Waals surface area contributed by atoms with Crippen LogP contribution in [0.5, 0.6) is 0 Å². The van der Waals surface area contributed by atoms with Gasteiger partial charge >= 0.3 is 0 Å². The Bertz CT molecular complexity index is 731. The van der Waals surface area contributed by atoms with Crippen molar-refractivity contribution in [3.8, 4) is 5.69 Å². The molecule has 25 heavy (non-hydrogen) atoms. The third-order valence-corrected chi connectivity index (χ3v) is 4.76. The minimum atomic E-state index is -0.293. The number of hydrogen-bond acceptors (Lipinski definition) is 3. The van der Waals surface area contributed by atoms with Gasteiger partial charge in [0.2, 0.25) is 0 Å². The van der Waals surface area contributed by atoms with Gasteiger partial charge in [-0.1, -0.05) is 6.92 Å². The van der Waals surface area contributed by atoms with Crippen molar-refractivity contribution >= 4 is 18.3 Å². The summed E-state index contributed by atoms with van der Waals surface area (Å²) in [6.07, 6.45) is 3.23. The second kappa shape index (κ2) is 7.97. The number of nitrogens with two attached hydrogens (primary N) is 1. The number of likely N-dealkylation sites (tertiary alicyclic amines) is 1. The van der Waals surface area contributed by atoms with E-state index < -0.39 is 0 Å². The molecule has 2 heterocycles. The first-order valence-corrected chi connectivity index (χ1v) is 8.39. The lowest BCUT2D eigenvalue weighted by atomic mass is 10.1. The second-order valence-corrected chi connectivity index (χ2v) is 6.39. The van der Waals surface area contributed by atoms with E-state index >= 15 is 0 Å². The standard InChI is InChI=1S/C18H23FN4O.ClH/c1-3-17-16(18(24)22-11-13(9-20)8-12(22)2)10-21-23(17)15-6-4-14(19)5-7-15;/h4-7,10,12-13H,3,8-9,11,20H2,1-2H3;1H. The lowest BCUT2D eigenvalue weighted by Crippen LogP contribution is -2.34. The topological polar surface area (TPSA) is 64.2 Å². The number of carbonyl (C=O) groups is 1. The largest absolute Gasteiger partial charge is 0.335 e. The molecule has 1 aromatic carbocycles. The van der Waals surface area contributed by atoms with Gasteiger partial charge in [0, 0.05) is 12.6 Å². The quantitative estimate of drug-likeness (QED) is 0.904. The molecule has 1 aliphatic rings. The molecular formula is C18H24ClFN4O. The first-order valence-electron chi connectivity index (χ1n) is 8.39. The third-order valence-electron chi connectivity index (χ3n) is 4.76. The van der Waals surface area contributed by atoms with Gasteiger partial charge in [-0.25, -0.2) is 9.07 Å². The molecule has 136 valence electrons. The first-order chi connectivity index (χ1) is 11.5. The highest BCUT2D eigenvalue weighted by atomic mass is 35.5. The molecule has 1 amide bonds. The molecule has 2 unspecified atom stereocenters. The number of aromatic nitrogens is 2. The van der Waals surface area contributed by atoms with Crippen LogP contribution in [0.1, 0.15) is 36.3 Å². The van der Waals surface area contributed by atoms with E-state index in [1.165, 1.54) is 12.1 Å². The lowest BCUT2D eigenvalue weighted by molar-refractivity contribution is 0.0742. The Morgan fingerprint density at radius 3 is 2.60 bits per heavy atom. The van der Waals surface area contributed by atoms with E-state index in [4.69, 9.17) is 5.73 Å². The Morgan fingerprint density at radius 2 is 2.04 bits per heavy atom. The molecule has 0 spiro atoms. The predicted octanol–water partition coefficient (Wildman–Crippen LogP) is 2.80. The summed E-state index contributed by atoms with van der Waals surface area (Å²) in [7, 11) is 0. The van der Waals surface area contributed by atoms with Crippen molar-refractivity contribution in [2.75, 3.05) is 13.1 Å². The summed E-state index contributed by atoms with van der Waals surface area (Å²) in [6, 6.07) is 6.31. The predicted molar refractivity (Wildman–Crippen MR) is 97.8 cm³/mol. The number of benzene rings is 1. The average Bonchev–Trinajstić information content (AvgIpc) is 3.18. The fourth-order valence-electron chi connectivity index (χ4n) is 3.45. The van der Waals surface area contributed by atoms with Gasteiger partial charge in [-0.05, 0) is 56.5 Å². The molecule has 1 aromatic heterocycles. The van der Waals surface area contributed by atoms with Crippen LogP contribution in [0.4, 0.5) is 4.39 Å². The SMILES string of the molecule is CCc1c(C(=O)N2CC(CN)CC2C)cnn1-c1ccc(F)cc1.Cl. The molecule has 7 heteroatoms. The minimum absolute atomic E-state index is 0. The molecule has 1 saturated heterocycles. The fraction of sp³-hybridized carbons (Fsp3) is 0.444. The Kier molecular flexibility index (Phi) is 6.19. The zero-order valence-corrected chi connectivity index (χ0v) is 15.3. The molecule has 1 fully saturated rings. The molecule has 0 bridgehead atoms. The molecule has 5 nitrogen and oxygen atoms in total. The summed E-state index contributed by atoms with van der Waals surface area (Å²) in [5.74, 6) is 0.0730. The maximum Gasteiger partial charge on any atom is 0.257 e. The number of hydrogen-bond donors (Lipinski definition) is 1. The van der Waals surface area contributed by atoms with Gasteiger partial charge in [0.1, 0.15) is 5.82 Å². The molecule has 3 rings (SSSR count). The Morgan fingerprint density at radius 1 is 1.36 bits per heavy atom. The van der Waals surface area contributed by atoms with Crippen molar-refractivity contribution in [3.63, 3.8) is 0 Å². The molecule has 2 atom stereocenters. The van der Waals surface area contributed by atoms with Gasteiger partial charge in [-0.3, -0.25) is 4.79 Å². The number of halogens is 2. The third kappa shape index (κ3) is 3.70. The average molecular weight is 367 g/mol.